The maximum atomic E-state index is 13.2. The molecule has 0 aliphatic heterocycles. The first-order valence-electron chi connectivity index (χ1n) is 6.59. The van der Waals surface area contributed by atoms with E-state index in [0.717, 1.165) is 22.7 Å². The zero-order valence-electron chi connectivity index (χ0n) is 12.0. The van der Waals surface area contributed by atoms with Gasteiger partial charge in [0, 0.05) is 30.4 Å². The second kappa shape index (κ2) is 6.48. The Morgan fingerprint density at radius 2 is 2.10 bits per heavy atom. The molecule has 1 heterocycles. The molecule has 0 fully saturated rings. The van der Waals surface area contributed by atoms with Crippen LogP contribution >= 0.6 is 0 Å². The Labute approximate surface area is 118 Å². The highest BCUT2D eigenvalue weighted by molar-refractivity contribution is 5.27. The van der Waals surface area contributed by atoms with E-state index in [1.807, 2.05) is 32.0 Å². The third-order valence-electron chi connectivity index (χ3n) is 3.15. The Hall–Kier alpha value is -1.94. The summed E-state index contributed by atoms with van der Waals surface area (Å²) in [4.78, 5) is 4.45. The minimum absolute atomic E-state index is 0.0546. The lowest BCUT2D eigenvalue weighted by Gasteiger charge is -2.14. The number of pyridine rings is 1. The molecule has 3 nitrogen and oxygen atoms in total. The standard InChI is InChI=1S/C16H19FN2O/c1-11-7-16(20-3)9-15(19-11)10-18-12(2)13-5-4-6-14(17)8-13/h4-9,12,18H,10H2,1-3H3/t12-/m1/s1. The van der Waals surface area contributed by atoms with E-state index in [4.69, 9.17) is 4.74 Å². The maximum absolute atomic E-state index is 13.2. The van der Waals surface area contributed by atoms with Crippen LogP contribution in [0, 0.1) is 12.7 Å². The lowest BCUT2D eigenvalue weighted by Crippen LogP contribution is -2.19. The van der Waals surface area contributed by atoms with Gasteiger partial charge in [-0.15, -0.1) is 0 Å². The zero-order valence-corrected chi connectivity index (χ0v) is 12.0. The number of aryl methyl sites for hydroxylation is 1. The Balaban J connectivity index is 2.03. The van der Waals surface area contributed by atoms with E-state index in [1.54, 1.807) is 19.2 Å². The maximum Gasteiger partial charge on any atom is 0.123 e. The predicted octanol–water partition coefficient (Wildman–Crippen LogP) is 3.39. The molecule has 4 heteroatoms. The molecule has 0 radical (unpaired) electrons. The number of benzene rings is 1. The average molecular weight is 274 g/mol. The normalized spacial score (nSPS) is 12.2. The lowest BCUT2D eigenvalue weighted by molar-refractivity contribution is 0.412. The van der Waals surface area contributed by atoms with Crippen molar-refractivity contribution in [1.29, 1.82) is 0 Å². The van der Waals surface area contributed by atoms with Crippen LogP contribution in [0.15, 0.2) is 36.4 Å². The first-order chi connectivity index (χ1) is 9.58. The summed E-state index contributed by atoms with van der Waals surface area (Å²) in [6, 6.07) is 10.5. The van der Waals surface area contributed by atoms with E-state index in [9.17, 15) is 4.39 Å². The molecule has 0 unspecified atom stereocenters. The average Bonchev–Trinajstić information content (AvgIpc) is 2.44. The number of aromatic nitrogens is 1. The summed E-state index contributed by atoms with van der Waals surface area (Å²) in [5, 5.41) is 3.34. The smallest absolute Gasteiger partial charge is 0.123 e. The van der Waals surface area contributed by atoms with Crippen molar-refractivity contribution in [2.24, 2.45) is 0 Å². The van der Waals surface area contributed by atoms with Crippen LogP contribution in [0.2, 0.25) is 0 Å². The summed E-state index contributed by atoms with van der Waals surface area (Å²) >= 11 is 0. The largest absolute Gasteiger partial charge is 0.497 e. The minimum Gasteiger partial charge on any atom is -0.497 e. The van der Waals surface area contributed by atoms with Gasteiger partial charge in [0.25, 0.3) is 0 Å². The summed E-state index contributed by atoms with van der Waals surface area (Å²) in [6.45, 7) is 4.54. The second-order valence-electron chi connectivity index (χ2n) is 4.80. The van der Waals surface area contributed by atoms with E-state index in [0.29, 0.717) is 6.54 Å². The van der Waals surface area contributed by atoms with Gasteiger partial charge in [0.15, 0.2) is 0 Å². The molecular weight excluding hydrogens is 255 g/mol. The Kier molecular flexibility index (Phi) is 4.69. The minimum atomic E-state index is -0.216. The zero-order chi connectivity index (χ0) is 14.5. The van der Waals surface area contributed by atoms with Crippen LogP contribution in [0.3, 0.4) is 0 Å². The van der Waals surface area contributed by atoms with E-state index in [2.05, 4.69) is 10.3 Å². The van der Waals surface area contributed by atoms with Gasteiger partial charge >= 0.3 is 0 Å². The molecule has 1 aromatic carbocycles. The fraction of sp³-hybridized carbons (Fsp3) is 0.312. The van der Waals surface area contributed by atoms with Crippen LogP contribution in [-0.2, 0) is 6.54 Å². The van der Waals surface area contributed by atoms with Gasteiger partial charge in [-0.2, -0.15) is 0 Å². The van der Waals surface area contributed by atoms with Gasteiger partial charge in [0.1, 0.15) is 11.6 Å². The molecule has 20 heavy (non-hydrogen) atoms. The molecule has 0 saturated carbocycles. The summed E-state index contributed by atoms with van der Waals surface area (Å²) in [5.74, 6) is 0.583. The number of rotatable bonds is 5. The van der Waals surface area contributed by atoms with Crippen molar-refractivity contribution in [3.8, 4) is 5.75 Å². The predicted molar refractivity (Wildman–Crippen MR) is 77.2 cm³/mol. The highest BCUT2D eigenvalue weighted by Gasteiger charge is 2.07. The molecule has 0 amide bonds. The SMILES string of the molecule is COc1cc(C)nc(CN[C@H](C)c2cccc(F)c2)c1. The van der Waals surface area contributed by atoms with Crippen LogP contribution in [-0.4, -0.2) is 12.1 Å². The van der Waals surface area contributed by atoms with Crippen molar-refractivity contribution < 1.29 is 9.13 Å². The lowest BCUT2D eigenvalue weighted by atomic mass is 10.1. The summed E-state index contributed by atoms with van der Waals surface area (Å²) < 4.78 is 18.4. The van der Waals surface area contributed by atoms with Crippen molar-refractivity contribution in [2.45, 2.75) is 26.4 Å². The molecule has 106 valence electrons. The van der Waals surface area contributed by atoms with Crippen LogP contribution in [0.1, 0.15) is 29.9 Å². The second-order valence-corrected chi connectivity index (χ2v) is 4.80. The van der Waals surface area contributed by atoms with Gasteiger partial charge in [-0.1, -0.05) is 12.1 Å². The van der Waals surface area contributed by atoms with Crippen LogP contribution in [0.5, 0.6) is 5.75 Å². The third kappa shape index (κ3) is 3.78. The number of nitrogens with one attached hydrogen (secondary N) is 1. The van der Waals surface area contributed by atoms with E-state index in [1.165, 1.54) is 6.07 Å². The first kappa shape index (κ1) is 14.5. The number of ether oxygens (including phenoxy) is 1. The quantitative estimate of drug-likeness (QED) is 0.907. The van der Waals surface area contributed by atoms with Crippen molar-refractivity contribution in [3.05, 3.63) is 59.2 Å². The Morgan fingerprint density at radius 3 is 2.80 bits per heavy atom. The molecule has 1 aromatic heterocycles. The first-order valence-corrected chi connectivity index (χ1v) is 6.59. The number of hydrogen-bond acceptors (Lipinski definition) is 3. The Bertz CT molecular complexity index is 586. The monoisotopic (exact) mass is 274 g/mol. The third-order valence-corrected chi connectivity index (χ3v) is 3.15. The number of halogens is 1. The van der Waals surface area contributed by atoms with Gasteiger partial charge in [0.05, 0.1) is 12.8 Å². The van der Waals surface area contributed by atoms with Crippen LogP contribution in [0.4, 0.5) is 4.39 Å². The highest BCUT2D eigenvalue weighted by Crippen LogP contribution is 2.16. The molecular formula is C16H19FN2O. The van der Waals surface area contributed by atoms with Crippen LogP contribution < -0.4 is 10.1 Å². The molecule has 1 N–H and O–H groups in total. The summed E-state index contributed by atoms with van der Waals surface area (Å²) in [6.07, 6.45) is 0. The number of hydrogen-bond donors (Lipinski definition) is 1. The number of nitrogens with zero attached hydrogens (tertiary/aromatic N) is 1. The molecule has 0 aliphatic carbocycles. The van der Waals surface area contributed by atoms with Gasteiger partial charge < -0.3 is 10.1 Å². The molecule has 0 saturated heterocycles. The Morgan fingerprint density at radius 1 is 1.30 bits per heavy atom. The van der Waals surface area contributed by atoms with Crippen molar-refractivity contribution in [2.75, 3.05) is 7.11 Å². The van der Waals surface area contributed by atoms with Gasteiger partial charge in [0.2, 0.25) is 0 Å². The van der Waals surface area contributed by atoms with Crippen molar-refractivity contribution >= 4 is 0 Å². The van der Waals surface area contributed by atoms with E-state index >= 15 is 0 Å². The number of methoxy groups -OCH3 is 1. The van der Waals surface area contributed by atoms with Crippen LogP contribution in [0.25, 0.3) is 0 Å². The van der Waals surface area contributed by atoms with Gasteiger partial charge in [-0.25, -0.2) is 4.39 Å². The molecule has 0 bridgehead atoms. The fourth-order valence-corrected chi connectivity index (χ4v) is 2.06. The summed E-state index contributed by atoms with van der Waals surface area (Å²) in [7, 11) is 1.64. The van der Waals surface area contributed by atoms with Crippen molar-refractivity contribution in [3.63, 3.8) is 0 Å². The topological polar surface area (TPSA) is 34.1 Å². The fourth-order valence-electron chi connectivity index (χ4n) is 2.06. The molecule has 0 aliphatic rings. The molecule has 0 spiro atoms. The van der Waals surface area contributed by atoms with Gasteiger partial charge in [-0.05, 0) is 31.5 Å². The van der Waals surface area contributed by atoms with E-state index in [-0.39, 0.29) is 11.9 Å². The van der Waals surface area contributed by atoms with E-state index < -0.39 is 0 Å². The van der Waals surface area contributed by atoms with Crippen molar-refractivity contribution in [1.82, 2.24) is 10.3 Å². The molecule has 1 atom stereocenters. The molecule has 2 aromatic rings. The molecule has 2 rings (SSSR count). The summed E-state index contributed by atoms with van der Waals surface area (Å²) in [5.41, 5.74) is 2.74. The highest BCUT2D eigenvalue weighted by atomic mass is 19.1. The van der Waals surface area contributed by atoms with Gasteiger partial charge in [-0.3, -0.25) is 4.98 Å².